The van der Waals surface area contributed by atoms with Crippen LogP contribution in [-0.2, 0) is 4.79 Å². The Balaban J connectivity index is 1.44. The van der Waals surface area contributed by atoms with E-state index in [-0.39, 0.29) is 12.5 Å². The summed E-state index contributed by atoms with van der Waals surface area (Å²) in [4.78, 5) is 17.1. The molecule has 1 heterocycles. The minimum absolute atomic E-state index is 0.0957. The number of carbonyl (C=O) groups excluding carboxylic acids is 1. The lowest BCUT2D eigenvalue weighted by Gasteiger charge is -2.11. The fraction of sp³-hybridized carbons (Fsp3) is 0.286. The summed E-state index contributed by atoms with van der Waals surface area (Å²) in [5.41, 5.74) is 5.12. The van der Waals surface area contributed by atoms with Crippen molar-refractivity contribution in [3.05, 3.63) is 76.8 Å². The molecule has 0 radical (unpaired) electrons. The Bertz CT molecular complexity index is 1300. The molecule has 0 saturated heterocycles. The van der Waals surface area contributed by atoms with E-state index < -0.39 is 0 Å². The number of oxazole rings is 1. The van der Waals surface area contributed by atoms with E-state index >= 15 is 0 Å². The van der Waals surface area contributed by atoms with Crippen molar-refractivity contribution >= 4 is 34.3 Å². The number of ether oxygens (including phenoxy) is 1. The van der Waals surface area contributed by atoms with Gasteiger partial charge in [0.05, 0.1) is 10.6 Å². The van der Waals surface area contributed by atoms with Gasteiger partial charge in [-0.3, -0.25) is 4.79 Å². The second-order valence-electron chi connectivity index (χ2n) is 8.81. The summed E-state index contributed by atoms with van der Waals surface area (Å²) in [6.45, 7) is 8.52. The zero-order chi connectivity index (χ0) is 24.2. The van der Waals surface area contributed by atoms with Crippen molar-refractivity contribution in [2.75, 3.05) is 11.9 Å². The number of fused-ring (bicyclic) bond motifs is 1. The van der Waals surface area contributed by atoms with Crippen LogP contribution in [0.3, 0.4) is 0 Å². The van der Waals surface area contributed by atoms with Crippen LogP contribution in [0.25, 0.3) is 22.6 Å². The lowest BCUT2D eigenvalue weighted by Crippen LogP contribution is -2.20. The predicted molar refractivity (Wildman–Crippen MR) is 138 cm³/mol. The van der Waals surface area contributed by atoms with E-state index in [1.807, 2.05) is 42.5 Å². The summed E-state index contributed by atoms with van der Waals surface area (Å²) < 4.78 is 11.6. The highest BCUT2D eigenvalue weighted by Crippen LogP contribution is 2.33. The van der Waals surface area contributed by atoms with Crippen LogP contribution in [0.5, 0.6) is 5.75 Å². The minimum atomic E-state index is -0.265. The van der Waals surface area contributed by atoms with Crippen LogP contribution in [0.15, 0.2) is 65.1 Å². The molecular formula is C28H29ClN2O3. The maximum Gasteiger partial charge on any atom is 0.262 e. The van der Waals surface area contributed by atoms with E-state index in [0.717, 1.165) is 11.9 Å². The molecule has 6 heteroatoms. The number of hydrogen-bond donors (Lipinski definition) is 1. The Morgan fingerprint density at radius 2 is 1.76 bits per heavy atom. The van der Waals surface area contributed by atoms with Crippen molar-refractivity contribution in [3.63, 3.8) is 0 Å². The van der Waals surface area contributed by atoms with Gasteiger partial charge in [-0.2, -0.15) is 0 Å². The molecular weight excluding hydrogens is 448 g/mol. The Morgan fingerprint density at radius 1 is 1.03 bits per heavy atom. The predicted octanol–water partition coefficient (Wildman–Crippen LogP) is 7.80. The molecule has 0 aliphatic carbocycles. The smallest absolute Gasteiger partial charge is 0.262 e. The highest BCUT2D eigenvalue weighted by molar-refractivity contribution is 6.33. The SMILES string of the molecule is CCC(C)c1ccc(OCC(=O)Nc2ccc(Cl)c(-c3nc4cc(C(C)C)ccc4o3)c2)cc1. The highest BCUT2D eigenvalue weighted by atomic mass is 35.5. The molecule has 1 N–H and O–H groups in total. The minimum Gasteiger partial charge on any atom is -0.484 e. The number of nitrogens with one attached hydrogen (secondary N) is 1. The largest absolute Gasteiger partial charge is 0.484 e. The summed E-state index contributed by atoms with van der Waals surface area (Å²) in [6, 6.07) is 19.1. The molecule has 0 aliphatic heterocycles. The number of benzene rings is 3. The van der Waals surface area contributed by atoms with E-state index in [9.17, 15) is 4.79 Å². The topological polar surface area (TPSA) is 64.4 Å². The molecule has 34 heavy (non-hydrogen) atoms. The van der Waals surface area contributed by atoms with Gasteiger partial charge in [0.25, 0.3) is 5.91 Å². The Kier molecular flexibility index (Phi) is 7.23. The van der Waals surface area contributed by atoms with E-state index in [1.54, 1.807) is 18.2 Å². The first kappa shape index (κ1) is 23.8. The van der Waals surface area contributed by atoms with Crippen LogP contribution in [0.2, 0.25) is 5.02 Å². The maximum atomic E-state index is 12.5. The molecule has 0 fully saturated rings. The second-order valence-corrected chi connectivity index (χ2v) is 9.22. The molecule has 0 aliphatic rings. The lowest BCUT2D eigenvalue weighted by atomic mass is 9.99. The van der Waals surface area contributed by atoms with Crippen LogP contribution in [0.1, 0.15) is 57.1 Å². The van der Waals surface area contributed by atoms with Gasteiger partial charge in [-0.05, 0) is 71.8 Å². The molecule has 1 amide bonds. The van der Waals surface area contributed by atoms with Gasteiger partial charge in [-0.25, -0.2) is 4.98 Å². The van der Waals surface area contributed by atoms with Gasteiger partial charge < -0.3 is 14.5 Å². The Hall–Kier alpha value is -3.31. The average molecular weight is 477 g/mol. The number of halogens is 1. The monoisotopic (exact) mass is 476 g/mol. The normalized spacial score (nSPS) is 12.2. The molecule has 5 nitrogen and oxygen atoms in total. The first-order valence-electron chi connectivity index (χ1n) is 11.6. The first-order chi connectivity index (χ1) is 16.3. The van der Waals surface area contributed by atoms with Crippen molar-refractivity contribution in [2.24, 2.45) is 0 Å². The molecule has 1 aromatic heterocycles. The molecule has 0 spiro atoms. The van der Waals surface area contributed by atoms with Gasteiger partial charge in [-0.15, -0.1) is 0 Å². The van der Waals surface area contributed by atoms with Crippen molar-refractivity contribution in [1.29, 1.82) is 0 Å². The van der Waals surface area contributed by atoms with E-state index in [2.05, 4.69) is 38.0 Å². The number of carbonyl (C=O) groups is 1. The molecule has 0 saturated carbocycles. The molecule has 4 rings (SSSR count). The highest BCUT2D eigenvalue weighted by Gasteiger charge is 2.15. The fourth-order valence-corrected chi connectivity index (χ4v) is 3.86. The summed E-state index contributed by atoms with van der Waals surface area (Å²) in [6.07, 6.45) is 1.08. The third-order valence-electron chi connectivity index (χ3n) is 5.99. The van der Waals surface area contributed by atoms with Crippen LogP contribution >= 0.6 is 11.6 Å². The van der Waals surface area contributed by atoms with Gasteiger partial charge in [-0.1, -0.05) is 57.5 Å². The van der Waals surface area contributed by atoms with Crippen LogP contribution in [0.4, 0.5) is 5.69 Å². The summed E-state index contributed by atoms with van der Waals surface area (Å²) >= 11 is 6.43. The summed E-state index contributed by atoms with van der Waals surface area (Å²) in [7, 11) is 0. The van der Waals surface area contributed by atoms with Crippen LogP contribution in [0, 0.1) is 0 Å². The number of nitrogens with zero attached hydrogens (tertiary/aromatic N) is 1. The van der Waals surface area contributed by atoms with Crippen molar-refractivity contribution < 1.29 is 13.9 Å². The number of hydrogen-bond acceptors (Lipinski definition) is 4. The molecule has 3 aromatic carbocycles. The van der Waals surface area contributed by atoms with Crippen molar-refractivity contribution in [3.8, 4) is 17.2 Å². The van der Waals surface area contributed by atoms with Gasteiger partial charge >= 0.3 is 0 Å². The van der Waals surface area contributed by atoms with E-state index in [4.69, 9.17) is 20.8 Å². The third kappa shape index (κ3) is 5.42. The van der Waals surface area contributed by atoms with Crippen molar-refractivity contribution in [1.82, 2.24) is 4.98 Å². The second kappa shape index (κ2) is 10.3. The Labute approximate surface area is 205 Å². The standard InChI is InChI=1S/C28H29ClN2O3/c1-5-18(4)19-6-10-22(11-7-19)33-16-27(32)30-21-9-12-24(29)23(15-21)28-31-25-14-20(17(2)3)8-13-26(25)34-28/h6-15,17-18H,5,16H2,1-4H3,(H,30,32). The number of rotatable bonds is 8. The molecule has 0 bridgehead atoms. The van der Waals surface area contributed by atoms with Gasteiger partial charge in [0, 0.05) is 5.69 Å². The Morgan fingerprint density at radius 3 is 2.47 bits per heavy atom. The zero-order valence-corrected chi connectivity index (χ0v) is 20.6. The first-order valence-corrected chi connectivity index (χ1v) is 11.9. The summed E-state index contributed by atoms with van der Waals surface area (Å²) in [5, 5.41) is 3.35. The fourth-order valence-electron chi connectivity index (χ4n) is 3.66. The van der Waals surface area contributed by atoms with Crippen molar-refractivity contribution in [2.45, 2.75) is 46.0 Å². The quantitative estimate of drug-likeness (QED) is 0.281. The third-order valence-corrected chi connectivity index (χ3v) is 6.32. The molecule has 1 atom stereocenters. The zero-order valence-electron chi connectivity index (χ0n) is 19.9. The average Bonchev–Trinajstić information content (AvgIpc) is 3.27. The van der Waals surface area contributed by atoms with Crippen LogP contribution in [-0.4, -0.2) is 17.5 Å². The number of amides is 1. The summed E-state index contributed by atoms with van der Waals surface area (Å²) in [5.74, 6) is 1.70. The maximum absolute atomic E-state index is 12.5. The number of anilines is 1. The van der Waals surface area contributed by atoms with Gasteiger partial charge in [0.1, 0.15) is 11.3 Å². The number of aromatic nitrogens is 1. The molecule has 4 aromatic rings. The lowest BCUT2D eigenvalue weighted by molar-refractivity contribution is -0.118. The van der Waals surface area contributed by atoms with E-state index in [1.165, 1.54) is 11.1 Å². The molecule has 1 unspecified atom stereocenters. The van der Waals surface area contributed by atoms with Crippen LogP contribution < -0.4 is 10.1 Å². The van der Waals surface area contributed by atoms with E-state index in [0.29, 0.717) is 45.3 Å². The molecule has 176 valence electrons. The van der Waals surface area contributed by atoms with Gasteiger partial charge in [0.15, 0.2) is 12.2 Å². The van der Waals surface area contributed by atoms with Gasteiger partial charge in [0.2, 0.25) is 5.89 Å².